The number of nitrogens with one attached hydrogen (secondary N) is 1. The Morgan fingerprint density at radius 2 is 1.92 bits per heavy atom. The van der Waals surface area contributed by atoms with Gasteiger partial charge in [-0.05, 0) is 50.1 Å². The van der Waals surface area contributed by atoms with Crippen LogP contribution in [0.15, 0.2) is 47.8 Å². The van der Waals surface area contributed by atoms with E-state index in [1.165, 1.54) is 16.7 Å². The number of aromatic nitrogens is 1. The number of carbonyl (C=O) groups is 1. The van der Waals surface area contributed by atoms with Crippen molar-refractivity contribution in [2.45, 2.75) is 27.2 Å². The van der Waals surface area contributed by atoms with E-state index in [0.29, 0.717) is 0 Å². The van der Waals surface area contributed by atoms with Gasteiger partial charge in [0.05, 0.1) is 12.1 Å². The lowest BCUT2D eigenvalue weighted by molar-refractivity contribution is -0.115. The molecular formula is C20H20N2OS. The maximum atomic E-state index is 12.2. The van der Waals surface area contributed by atoms with Gasteiger partial charge in [0, 0.05) is 16.6 Å². The molecular weight excluding hydrogens is 316 g/mol. The molecule has 1 amide bonds. The van der Waals surface area contributed by atoms with Gasteiger partial charge in [-0.2, -0.15) is 0 Å². The molecule has 0 spiro atoms. The first-order valence-electron chi connectivity index (χ1n) is 7.90. The number of amides is 1. The van der Waals surface area contributed by atoms with Crippen LogP contribution in [0.3, 0.4) is 0 Å². The van der Waals surface area contributed by atoms with Crippen LogP contribution >= 0.6 is 11.3 Å². The number of anilines is 1. The first kappa shape index (κ1) is 16.4. The molecule has 0 saturated heterocycles. The van der Waals surface area contributed by atoms with Crippen LogP contribution in [-0.2, 0) is 11.2 Å². The molecule has 4 heteroatoms. The van der Waals surface area contributed by atoms with E-state index in [2.05, 4.69) is 36.3 Å². The van der Waals surface area contributed by atoms with E-state index in [1.807, 2.05) is 42.6 Å². The molecule has 0 saturated carbocycles. The Labute approximate surface area is 146 Å². The quantitative estimate of drug-likeness (QED) is 0.735. The fraction of sp³-hybridized carbons (Fsp3) is 0.200. The molecule has 3 aromatic rings. The van der Waals surface area contributed by atoms with Crippen LogP contribution in [0.2, 0.25) is 0 Å². The van der Waals surface area contributed by atoms with Crippen molar-refractivity contribution in [1.82, 2.24) is 4.98 Å². The minimum atomic E-state index is -0.0423. The highest BCUT2D eigenvalue weighted by atomic mass is 32.1. The summed E-state index contributed by atoms with van der Waals surface area (Å²) in [7, 11) is 0. The third-order valence-electron chi connectivity index (χ3n) is 3.95. The van der Waals surface area contributed by atoms with Gasteiger partial charge in [-0.15, -0.1) is 11.3 Å². The molecule has 3 nitrogen and oxygen atoms in total. The molecule has 1 aromatic heterocycles. The molecule has 0 atom stereocenters. The van der Waals surface area contributed by atoms with E-state index in [-0.39, 0.29) is 12.3 Å². The predicted octanol–water partition coefficient (Wildman–Crippen LogP) is 4.92. The summed E-state index contributed by atoms with van der Waals surface area (Å²) in [4.78, 5) is 16.8. The summed E-state index contributed by atoms with van der Waals surface area (Å²) in [5.41, 5.74) is 6.33. The van der Waals surface area contributed by atoms with Gasteiger partial charge in [0.25, 0.3) is 0 Å². The van der Waals surface area contributed by atoms with Crippen molar-refractivity contribution in [2.24, 2.45) is 0 Å². The molecule has 0 aliphatic rings. The average Bonchev–Trinajstić information content (AvgIpc) is 2.99. The molecule has 0 aliphatic carbocycles. The van der Waals surface area contributed by atoms with E-state index in [9.17, 15) is 4.79 Å². The van der Waals surface area contributed by atoms with Gasteiger partial charge in [-0.25, -0.2) is 4.98 Å². The van der Waals surface area contributed by atoms with Gasteiger partial charge >= 0.3 is 0 Å². The molecule has 1 N–H and O–H groups in total. The van der Waals surface area contributed by atoms with E-state index in [0.717, 1.165) is 22.0 Å². The largest absolute Gasteiger partial charge is 0.326 e. The third kappa shape index (κ3) is 3.89. The molecule has 0 fully saturated rings. The Hall–Kier alpha value is -2.46. The SMILES string of the molecule is Cc1cccc(-c2nc(CC(=O)Nc3ccc(C)c(C)c3)cs2)c1. The summed E-state index contributed by atoms with van der Waals surface area (Å²) in [5.74, 6) is -0.0423. The van der Waals surface area contributed by atoms with Crippen LogP contribution in [0.4, 0.5) is 5.69 Å². The summed E-state index contributed by atoms with van der Waals surface area (Å²) in [6.07, 6.45) is 0.287. The topological polar surface area (TPSA) is 42.0 Å². The molecule has 0 unspecified atom stereocenters. The normalized spacial score (nSPS) is 10.6. The zero-order chi connectivity index (χ0) is 17.1. The number of hydrogen-bond acceptors (Lipinski definition) is 3. The van der Waals surface area contributed by atoms with Gasteiger partial charge in [0.2, 0.25) is 5.91 Å². The van der Waals surface area contributed by atoms with E-state index < -0.39 is 0 Å². The fourth-order valence-electron chi connectivity index (χ4n) is 2.49. The van der Waals surface area contributed by atoms with Crippen LogP contribution in [0.1, 0.15) is 22.4 Å². The van der Waals surface area contributed by atoms with Crippen LogP contribution in [-0.4, -0.2) is 10.9 Å². The number of benzene rings is 2. The lowest BCUT2D eigenvalue weighted by Crippen LogP contribution is -2.14. The van der Waals surface area contributed by atoms with Crippen molar-refractivity contribution in [2.75, 3.05) is 5.32 Å². The van der Waals surface area contributed by atoms with Gasteiger partial charge in [0.15, 0.2) is 0 Å². The second-order valence-corrected chi connectivity index (χ2v) is 6.90. The average molecular weight is 336 g/mol. The Bertz CT molecular complexity index is 883. The molecule has 0 radical (unpaired) electrons. The van der Waals surface area contributed by atoms with Crippen molar-refractivity contribution in [3.05, 3.63) is 70.2 Å². The monoisotopic (exact) mass is 336 g/mol. The summed E-state index contributed by atoms with van der Waals surface area (Å²) in [5, 5.41) is 5.85. The molecule has 0 bridgehead atoms. The number of hydrogen-bond donors (Lipinski definition) is 1. The van der Waals surface area contributed by atoms with Crippen LogP contribution < -0.4 is 5.32 Å². The standard InChI is InChI=1S/C20H20N2OS/c1-13-5-4-6-16(9-13)20-22-18(12-24-20)11-19(23)21-17-8-7-14(2)15(3)10-17/h4-10,12H,11H2,1-3H3,(H,21,23). The van der Waals surface area contributed by atoms with Crippen molar-refractivity contribution in [1.29, 1.82) is 0 Å². The third-order valence-corrected chi connectivity index (χ3v) is 4.89. The second-order valence-electron chi connectivity index (χ2n) is 6.04. The second kappa shape index (κ2) is 6.97. The summed E-state index contributed by atoms with van der Waals surface area (Å²) < 4.78 is 0. The molecule has 2 aromatic carbocycles. The van der Waals surface area contributed by atoms with Crippen molar-refractivity contribution < 1.29 is 4.79 Å². The minimum Gasteiger partial charge on any atom is -0.326 e. The fourth-order valence-corrected chi connectivity index (χ4v) is 3.30. The minimum absolute atomic E-state index is 0.0423. The zero-order valence-corrected chi connectivity index (χ0v) is 14.9. The Kier molecular flexibility index (Phi) is 4.76. The Morgan fingerprint density at radius 3 is 2.67 bits per heavy atom. The van der Waals surface area contributed by atoms with E-state index >= 15 is 0 Å². The highest BCUT2D eigenvalue weighted by molar-refractivity contribution is 7.13. The molecule has 3 rings (SSSR count). The summed E-state index contributed by atoms with van der Waals surface area (Å²) in [6, 6.07) is 14.2. The Balaban J connectivity index is 1.68. The number of nitrogens with zero attached hydrogens (tertiary/aromatic N) is 1. The molecule has 122 valence electrons. The number of carbonyl (C=O) groups excluding carboxylic acids is 1. The van der Waals surface area contributed by atoms with Crippen molar-refractivity contribution in [3.8, 4) is 10.6 Å². The highest BCUT2D eigenvalue weighted by Gasteiger charge is 2.10. The summed E-state index contributed by atoms with van der Waals surface area (Å²) in [6.45, 7) is 6.16. The van der Waals surface area contributed by atoms with Crippen molar-refractivity contribution in [3.63, 3.8) is 0 Å². The zero-order valence-electron chi connectivity index (χ0n) is 14.1. The first-order chi connectivity index (χ1) is 11.5. The Morgan fingerprint density at radius 1 is 1.08 bits per heavy atom. The maximum absolute atomic E-state index is 12.2. The van der Waals surface area contributed by atoms with Crippen LogP contribution in [0.5, 0.6) is 0 Å². The van der Waals surface area contributed by atoms with E-state index in [1.54, 1.807) is 11.3 Å². The molecule has 1 heterocycles. The van der Waals surface area contributed by atoms with Gasteiger partial charge in [-0.1, -0.05) is 29.8 Å². The van der Waals surface area contributed by atoms with Gasteiger partial charge in [-0.3, -0.25) is 4.79 Å². The molecule has 24 heavy (non-hydrogen) atoms. The van der Waals surface area contributed by atoms with Crippen molar-refractivity contribution >= 4 is 22.9 Å². The molecule has 0 aliphatic heterocycles. The first-order valence-corrected chi connectivity index (χ1v) is 8.78. The number of rotatable bonds is 4. The smallest absolute Gasteiger partial charge is 0.230 e. The lowest BCUT2D eigenvalue weighted by atomic mass is 10.1. The number of thiazole rings is 1. The van der Waals surface area contributed by atoms with Gasteiger partial charge < -0.3 is 5.32 Å². The van der Waals surface area contributed by atoms with Crippen LogP contribution in [0.25, 0.3) is 10.6 Å². The number of aryl methyl sites for hydroxylation is 3. The predicted molar refractivity (Wildman–Crippen MR) is 101 cm³/mol. The maximum Gasteiger partial charge on any atom is 0.230 e. The van der Waals surface area contributed by atoms with Gasteiger partial charge in [0.1, 0.15) is 5.01 Å². The highest BCUT2D eigenvalue weighted by Crippen LogP contribution is 2.24. The van der Waals surface area contributed by atoms with E-state index in [4.69, 9.17) is 0 Å². The lowest BCUT2D eigenvalue weighted by Gasteiger charge is -2.06. The summed E-state index contributed by atoms with van der Waals surface area (Å²) >= 11 is 1.57. The van der Waals surface area contributed by atoms with Crippen LogP contribution in [0, 0.1) is 20.8 Å².